The maximum absolute atomic E-state index is 9.58. The number of likely N-dealkylation sites (tertiary alicyclic amines) is 1. The van der Waals surface area contributed by atoms with Crippen molar-refractivity contribution in [2.45, 2.75) is 25.8 Å². The summed E-state index contributed by atoms with van der Waals surface area (Å²) >= 11 is 0. The second-order valence-electron chi connectivity index (χ2n) is 5.75. The molecule has 2 atom stereocenters. The Kier molecular flexibility index (Phi) is 4.13. The van der Waals surface area contributed by atoms with Crippen molar-refractivity contribution >= 4 is 0 Å². The fourth-order valence-corrected chi connectivity index (χ4v) is 3.26. The van der Waals surface area contributed by atoms with E-state index in [9.17, 15) is 5.11 Å². The minimum Gasteiger partial charge on any atom is -0.486 e. The largest absolute Gasteiger partial charge is 0.486 e. The highest BCUT2D eigenvalue weighted by Crippen LogP contribution is 2.37. The molecule has 2 unspecified atom stereocenters. The average molecular weight is 277 g/mol. The first-order valence-corrected chi connectivity index (χ1v) is 7.54. The van der Waals surface area contributed by atoms with E-state index < -0.39 is 0 Å². The molecule has 0 bridgehead atoms. The van der Waals surface area contributed by atoms with E-state index in [2.05, 4.69) is 24.0 Å². The van der Waals surface area contributed by atoms with E-state index >= 15 is 0 Å². The van der Waals surface area contributed by atoms with Crippen LogP contribution in [0.4, 0.5) is 0 Å². The van der Waals surface area contributed by atoms with E-state index in [0.29, 0.717) is 13.2 Å². The number of rotatable bonds is 4. The molecule has 3 rings (SSSR count). The molecule has 4 heteroatoms. The van der Waals surface area contributed by atoms with Crippen LogP contribution in [0.3, 0.4) is 0 Å². The van der Waals surface area contributed by atoms with Gasteiger partial charge in [-0.1, -0.05) is 13.0 Å². The molecule has 0 radical (unpaired) electrons. The van der Waals surface area contributed by atoms with Crippen molar-refractivity contribution in [3.63, 3.8) is 0 Å². The van der Waals surface area contributed by atoms with Crippen molar-refractivity contribution in [3.05, 3.63) is 23.8 Å². The van der Waals surface area contributed by atoms with Crippen LogP contribution in [0.1, 0.15) is 31.4 Å². The molecule has 1 saturated heterocycles. The van der Waals surface area contributed by atoms with Crippen LogP contribution in [0.25, 0.3) is 0 Å². The first-order chi connectivity index (χ1) is 9.79. The fourth-order valence-electron chi connectivity index (χ4n) is 3.26. The third-order valence-electron chi connectivity index (χ3n) is 4.27. The van der Waals surface area contributed by atoms with Crippen LogP contribution in [0.2, 0.25) is 0 Å². The van der Waals surface area contributed by atoms with Gasteiger partial charge in [0.1, 0.15) is 13.2 Å². The molecule has 0 spiro atoms. The maximum atomic E-state index is 9.58. The summed E-state index contributed by atoms with van der Waals surface area (Å²) in [6.07, 6.45) is 2.50. The van der Waals surface area contributed by atoms with E-state index in [0.717, 1.165) is 24.6 Å². The minimum absolute atomic E-state index is 0.204. The Balaban J connectivity index is 1.89. The lowest BCUT2D eigenvalue weighted by molar-refractivity contribution is 0.125. The summed E-state index contributed by atoms with van der Waals surface area (Å²) in [5.41, 5.74) is 1.22. The van der Waals surface area contributed by atoms with Crippen molar-refractivity contribution in [3.8, 4) is 11.5 Å². The van der Waals surface area contributed by atoms with Gasteiger partial charge in [0.15, 0.2) is 11.5 Å². The first-order valence-electron chi connectivity index (χ1n) is 7.54. The molecule has 0 amide bonds. The summed E-state index contributed by atoms with van der Waals surface area (Å²) < 4.78 is 11.3. The van der Waals surface area contributed by atoms with Crippen molar-refractivity contribution in [2.24, 2.45) is 5.92 Å². The van der Waals surface area contributed by atoms with Crippen LogP contribution in [-0.2, 0) is 0 Å². The van der Waals surface area contributed by atoms with Crippen LogP contribution in [0, 0.1) is 5.92 Å². The van der Waals surface area contributed by atoms with E-state index in [-0.39, 0.29) is 18.6 Å². The second-order valence-corrected chi connectivity index (χ2v) is 5.75. The molecule has 1 aromatic carbocycles. The fraction of sp³-hybridized carbons (Fsp3) is 0.625. The summed E-state index contributed by atoms with van der Waals surface area (Å²) in [5, 5.41) is 9.58. The molecule has 4 nitrogen and oxygen atoms in total. The van der Waals surface area contributed by atoms with Crippen molar-refractivity contribution in [1.82, 2.24) is 4.90 Å². The molecule has 1 aromatic rings. The minimum atomic E-state index is 0.204. The highest BCUT2D eigenvalue weighted by molar-refractivity contribution is 5.44. The smallest absolute Gasteiger partial charge is 0.161 e. The average Bonchev–Trinajstić information content (AvgIpc) is 3.01. The van der Waals surface area contributed by atoms with Gasteiger partial charge >= 0.3 is 0 Å². The van der Waals surface area contributed by atoms with Crippen LogP contribution in [0.5, 0.6) is 11.5 Å². The molecular formula is C16H23NO3. The zero-order valence-electron chi connectivity index (χ0n) is 12.0. The first kappa shape index (κ1) is 13.7. The molecule has 1 fully saturated rings. The van der Waals surface area contributed by atoms with E-state index in [4.69, 9.17) is 9.47 Å². The zero-order valence-corrected chi connectivity index (χ0v) is 12.0. The zero-order chi connectivity index (χ0) is 13.9. The molecule has 110 valence electrons. The van der Waals surface area contributed by atoms with Crippen molar-refractivity contribution in [1.29, 1.82) is 0 Å². The van der Waals surface area contributed by atoms with Crippen molar-refractivity contribution < 1.29 is 14.6 Å². The monoisotopic (exact) mass is 277 g/mol. The number of benzene rings is 1. The van der Waals surface area contributed by atoms with Gasteiger partial charge in [0.25, 0.3) is 0 Å². The molecule has 2 aliphatic heterocycles. The van der Waals surface area contributed by atoms with E-state index in [1.807, 2.05) is 6.07 Å². The summed E-state index contributed by atoms with van der Waals surface area (Å²) in [6.45, 7) is 5.78. The van der Waals surface area contributed by atoms with Gasteiger partial charge in [-0.25, -0.2) is 0 Å². The van der Waals surface area contributed by atoms with E-state index in [1.165, 1.54) is 18.4 Å². The number of hydrogen-bond acceptors (Lipinski definition) is 4. The Hall–Kier alpha value is -1.26. The van der Waals surface area contributed by atoms with Crippen LogP contribution < -0.4 is 9.47 Å². The highest BCUT2D eigenvalue weighted by Gasteiger charge is 2.29. The third kappa shape index (κ3) is 2.63. The normalized spacial score (nSPS) is 21.7. The molecule has 20 heavy (non-hydrogen) atoms. The molecule has 2 aliphatic rings. The molecule has 1 N–H and O–H groups in total. The predicted octanol–water partition coefficient (Wildman–Crippen LogP) is 2.22. The lowest BCUT2D eigenvalue weighted by Gasteiger charge is -2.33. The molecule has 2 heterocycles. The van der Waals surface area contributed by atoms with Gasteiger partial charge < -0.3 is 14.6 Å². The Morgan fingerprint density at radius 3 is 2.55 bits per heavy atom. The van der Waals surface area contributed by atoms with E-state index in [1.54, 1.807) is 0 Å². The summed E-state index contributed by atoms with van der Waals surface area (Å²) in [5.74, 6) is 1.88. The number of aliphatic hydroxyl groups is 1. The quantitative estimate of drug-likeness (QED) is 0.916. The van der Waals surface area contributed by atoms with Crippen LogP contribution >= 0.6 is 0 Å². The van der Waals surface area contributed by atoms with Gasteiger partial charge in [0.2, 0.25) is 0 Å². The standard InChI is InChI=1S/C16H23NO3/c1-12(11-18)16(17-6-2-3-7-17)13-4-5-14-15(10-13)20-9-8-19-14/h4-5,10,12,16,18H,2-3,6-9,11H2,1H3. The second kappa shape index (κ2) is 6.02. The summed E-state index contributed by atoms with van der Waals surface area (Å²) in [7, 11) is 0. The van der Waals surface area contributed by atoms with Gasteiger partial charge in [-0.3, -0.25) is 4.90 Å². The number of aliphatic hydroxyl groups excluding tert-OH is 1. The van der Waals surface area contributed by atoms with Crippen LogP contribution in [-0.4, -0.2) is 42.9 Å². The Morgan fingerprint density at radius 2 is 1.85 bits per heavy atom. The lowest BCUT2D eigenvalue weighted by Crippen LogP contribution is -2.32. The number of ether oxygens (including phenoxy) is 2. The topological polar surface area (TPSA) is 41.9 Å². The Morgan fingerprint density at radius 1 is 1.15 bits per heavy atom. The number of nitrogens with zero attached hydrogens (tertiary/aromatic N) is 1. The van der Waals surface area contributed by atoms with Crippen LogP contribution in [0.15, 0.2) is 18.2 Å². The van der Waals surface area contributed by atoms with Gasteiger partial charge in [-0.2, -0.15) is 0 Å². The number of hydrogen-bond donors (Lipinski definition) is 1. The maximum Gasteiger partial charge on any atom is 0.161 e. The van der Waals surface area contributed by atoms with Crippen molar-refractivity contribution in [2.75, 3.05) is 32.9 Å². The number of fused-ring (bicyclic) bond motifs is 1. The highest BCUT2D eigenvalue weighted by atomic mass is 16.6. The lowest BCUT2D eigenvalue weighted by atomic mass is 9.93. The molecule has 0 aliphatic carbocycles. The summed E-state index contributed by atoms with van der Waals surface area (Å²) in [4.78, 5) is 2.48. The predicted molar refractivity (Wildman–Crippen MR) is 77.2 cm³/mol. The third-order valence-corrected chi connectivity index (χ3v) is 4.27. The summed E-state index contributed by atoms with van der Waals surface area (Å²) in [6, 6.07) is 6.46. The molecule has 0 aromatic heterocycles. The Labute approximate surface area is 120 Å². The van der Waals surface area contributed by atoms with Gasteiger partial charge in [0.05, 0.1) is 0 Å². The Bertz CT molecular complexity index is 457. The molecular weight excluding hydrogens is 254 g/mol. The SMILES string of the molecule is CC(CO)C(c1ccc2c(c1)OCCO2)N1CCCC1. The van der Waals surface area contributed by atoms with Gasteiger partial charge in [0, 0.05) is 12.6 Å². The van der Waals surface area contributed by atoms with Gasteiger partial charge in [-0.05, 0) is 49.5 Å². The van der Waals surface area contributed by atoms with Gasteiger partial charge in [-0.15, -0.1) is 0 Å². The molecule has 0 saturated carbocycles.